The molecule has 0 unspecified atom stereocenters. The molecule has 1 aromatic heterocycles. The predicted octanol–water partition coefficient (Wildman–Crippen LogP) is 5.43. The van der Waals surface area contributed by atoms with E-state index < -0.39 is 10.8 Å². The second-order valence-electron chi connectivity index (χ2n) is 8.36. The number of aromatic nitrogens is 2. The van der Waals surface area contributed by atoms with Crippen LogP contribution in [0.1, 0.15) is 73.4 Å². The second-order valence-corrected chi connectivity index (χ2v) is 8.36. The summed E-state index contributed by atoms with van der Waals surface area (Å²) in [5, 5.41) is 21.7. The molecule has 1 heterocycles. The van der Waals surface area contributed by atoms with Gasteiger partial charge in [0.15, 0.2) is 11.4 Å². The van der Waals surface area contributed by atoms with E-state index in [0.717, 1.165) is 37.1 Å². The van der Waals surface area contributed by atoms with E-state index in [-0.39, 0.29) is 11.4 Å². The molecule has 0 fully saturated rings. The molecule has 6 rings (SSSR count). The van der Waals surface area contributed by atoms with Crippen molar-refractivity contribution in [1.82, 2.24) is 9.97 Å². The van der Waals surface area contributed by atoms with Gasteiger partial charge in [-0.05, 0) is 46.9 Å². The average molecular weight is 390 g/mol. The van der Waals surface area contributed by atoms with Gasteiger partial charge in [-0.15, -0.1) is 0 Å². The minimum atomic E-state index is -0.411. The van der Waals surface area contributed by atoms with Crippen LogP contribution in [-0.2, 0) is 10.8 Å². The first kappa shape index (κ1) is 18.5. The smallest absolute Gasteiger partial charge is 0.177 e. The number of hydrogen-bond donors (Lipinski definition) is 0. The minimum absolute atomic E-state index is 0.127. The zero-order valence-corrected chi connectivity index (χ0v) is 17.2. The van der Waals surface area contributed by atoms with E-state index in [1.54, 1.807) is 0 Å². The van der Waals surface area contributed by atoms with E-state index in [0.29, 0.717) is 0 Å². The number of fused-ring (bicyclic) bond motifs is 1. The number of nitriles is 2. The molecule has 2 aromatic carbocycles. The highest BCUT2D eigenvalue weighted by atomic mass is 14.9. The van der Waals surface area contributed by atoms with Crippen molar-refractivity contribution in [3.05, 3.63) is 82.5 Å². The first-order chi connectivity index (χ1) is 14.6. The highest BCUT2D eigenvalue weighted by Gasteiger charge is 2.54. The van der Waals surface area contributed by atoms with Gasteiger partial charge in [0.2, 0.25) is 0 Å². The van der Waals surface area contributed by atoms with E-state index in [2.05, 4.69) is 74.5 Å². The third-order valence-electron chi connectivity index (χ3n) is 6.74. The number of nitrogens with zero attached hydrogens (tertiary/aromatic N) is 4. The van der Waals surface area contributed by atoms with Crippen LogP contribution in [0.5, 0.6) is 0 Å². The molecule has 146 valence electrons. The lowest BCUT2D eigenvalue weighted by atomic mass is 9.53. The minimum Gasteiger partial charge on any atom is -0.236 e. The summed E-state index contributed by atoms with van der Waals surface area (Å²) in [7, 11) is 0. The van der Waals surface area contributed by atoms with Gasteiger partial charge in [-0.1, -0.05) is 63.1 Å². The number of hydrogen-bond acceptors (Lipinski definition) is 4. The number of benzene rings is 2. The molecule has 0 saturated carbocycles. The lowest BCUT2D eigenvalue weighted by molar-refractivity contribution is 0.424. The van der Waals surface area contributed by atoms with E-state index in [9.17, 15) is 10.5 Å². The molecule has 0 aliphatic heterocycles. The zero-order chi connectivity index (χ0) is 20.9. The van der Waals surface area contributed by atoms with E-state index in [1.807, 2.05) is 0 Å². The molecule has 4 heteroatoms. The molecule has 4 nitrogen and oxygen atoms in total. The van der Waals surface area contributed by atoms with Crippen LogP contribution in [0.25, 0.3) is 10.8 Å². The van der Waals surface area contributed by atoms with Crippen molar-refractivity contribution in [3.8, 4) is 12.1 Å². The Labute approximate surface area is 176 Å². The first-order valence-electron chi connectivity index (χ1n) is 10.6. The van der Waals surface area contributed by atoms with Crippen LogP contribution in [-0.4, -0.2) is 9.97 Å². The highest BCUT2D eigenvalue weighted by Crippen LogP contribution is 2.58. The third-order valence-corrected chi connectivity index (χ3v) is 6.74. The molecular formula is C26H22N4. The van der Waals surface area contributed by atoms with Crippen molar-refractivity contribution in [2.45, 2.75) is 50.4 Å². The SMILES string of the molecule is CCC[C@@]12C=C[C@@](CCC)(c3cc4ccccc4cc31)c1nc(C#N)c(C#N)nc12. The molecule has 3 aliphatic rings. The number of allylic oxidation sites excluding steroid dienone is 2. The molecule has 0 amide bonds. The summed E-state index contributed by atoms with van der Waals surface area (Å²) in [5.74, 6) is 0. The summed E-state index contributed by atoms with van der Waals surface area (Å²) in [6.45, 7) is 4.35. The van der Waals surface area contributed by atoms with Crippen molar-refractivity contribution < 1.29 is 0 Å². The highest BCUT2D eigenvalue weighted by molar-refractivity contribution is 5.87. The van der Waals surface area contributed by atoms with Crippen molar-refractivity contribution >= 4 is 10.8 Å². The Bertz CT molecular complexity index is 1210. The van der Waals surface area contributed by atoms with Gasteiger partial charge in [0.1, 0.15) is 12.1 Å². The maximum atomic E-state index is 9.62. The topological polar surface area (TPSA) is 73.4 Å². The van der Waals surface area contributed by atoms with Gasteiger partial charge in [0.25, 0.3) is 0 Å². The van der Waals surface area contributed by atoms with Gasteiger partial charge < -0.3 is 0 Å². The average Bonchev–Trinajstić information content (AvgIpc) is 2.78. The molecule has 2 bridgehead atoms. The molecule has 3 aliphatic carbocycles. The molecule has 30 heavy (non-hydrogen) atoms. The van der Waals surface area contributed by atoms with Crippen LogP contribution in [0.3, 0.4) is 0 Å². The van der Waals surface area contributed by atoms with Gasteiger partial charge in [0, 0.05) is 0 Å². The summed E-state index contributed by atoms with van der Waals surface area (Å²) >= 11 is 0. The Morgan fingerprint density at radius 3 is 1.57 bits per heavy atom. The molecular weight excluding hydrogens is 368 g/mol. The normalized spacial score (nSPS) is 22.9. The van der Waals surface area contributed by atoms with Gasteiger partial charge in [-0.2, -0.15) is 10.5 Å². The quantitative estimate of drug-likeness (QED) is 0.557. The summed E-state index contributed by atoms with van der Waals surface area (Å²) in [6.07, 6.45) is 8.31. The second kappa shape index (κ2) is 6.51. The monoisotopic (exact) mass is 390 g/mol. The fourth-order valence-corrected chi connectivity index (χ4v) is 5.53. The van der Waals surface area contributed by atoms with Crippen LogP contribution in [0.15, 0.2) is 48.6 Å². The predicted molar refractivity (Wildman–Crippen MR) is 116 cm³/mol. The summed E-state index contributed by atoms with van der Waals surface area (Å²) < 4.78 is 0. The zero-order valence-electron chi connectivity index (χ0n) is 17.2. The third kappa shape index (κ3) is 2.20. The molecule has 0 N–H and O–H groups in total. The van der Waals surface area contributed by atoms with Crippen LogP contribution in [0, 0.1) is 22.7 Å². The molecule has 0 radical (unpaired) electrons. The Hall–Kier alpha value is -3.50. The van der Waals surface area contributed by atoms with E-state index in [4.69, 9.17) is 9.97 Å². The summed E-state index contributed by atoms with van der Waals surface area (Å²) in [6, 6.07) is 17.2. The molecule has 0 saturated heterocycles. The van der Waals surface area contributed by atoms with Crippen LogP contribution in [0.2, 0.25) is 0 Å². The lowest BCUT2D eigenvalue weighted by Crippen LogP contribution is -2.47. The van der Waals surface area contributed by atoms with E-state index in [1.165, 1.54) is 21.9 Å². The maximum Gasteiger partial charge on any atom is 0.177 e. The van der Waals surface area contributed by atoms with E-state index >= 15 is 0 Å². The van der Waals surface area contributed by atoms with Gasteiger partial charge >= 0.3 is 0 Å². The van der Waals surface area contributed by atoms with Gasteiger partial charge in [-0.3, -0.25) is 0 Å². The Morgan fingerprint density at radius 2 is 1.20 bits per heavy atom. The van der Waals surface area contributed by atoms with Gasteiger partial charge in [-0.25, -0.2) is 9.97 Å². The Morgan fingerprint density at radius 1 is 0.767 bits per heavy atom. The summed E-state index contributed by atoms with van der Waals surface area (Å²) in [4.78, 5) is 9.57. The van der Waals surface area contributed by atoms with Crippen molar-refractivity contribution in [1.29, 1.82) is 10.5 Å². The summed E-state index contributed by atoms with van der Waals surface area (Å²) in [5.41, 5.74) is 3.70. The van der Waals surface area contributed by atoms with Crippen LogP contribution < -0.4 is 0 Å². The van der Waals surface area contributed by atoms with Crippen LogP contribution >= 0.6 is 0 Å². The first-order valence-corrected chi connectivity index (χ1v) is 10.6. The Balaban J connectivity index is 1.95. The standard InChI is InChI=1S/C26H22N4/c1-3-9-25-11-12-26(10-4-2,24-23(25)29-21(15-27)22(16-28)30-24)20-14-18-8-6-5-7-17(18)13-19(20)25/h5-8,11-14H,3-4,9-10H2,1-2H3/t25-,26+. The fraction of sp³-hybridized carbons (Fsp3) is 0.308. The van der Waals surface area contributed by atoms with Gasteiger partial charge in [0.05, 0.1) is 22.2 Å². The van der Waals surface area contributed by atoms with Crippen LogP contribution in [0.4, 0.5) is 0 Å². The maximum absolute atomic E-state index is 9.62. The van der Waals surface area contributed by atoms with Crippen molar-refractivity contribution in [3.63, 3.8) is 0 Å². The lowest BCUT2D eigenvalue weighted by Gasteiger charge is -2.50. The molecule has 0 spiro atoms. The molecule has 2 atom stereocenters. The van der Waals surface area contributed by atoms with Crippen molar-refractivity contribution in [2.24, 2.45) is 0 Å². The fourth-order valence-electron chi connectivity index (χ4n) is 5.53. The largest absolute Gasteiger partial charge is 0.236 e. The molecule has 3 aromatic rings. The van der Waals surface area contributed by atoms with Crippen molar-refractivity contribution in [2.75, 3.05) is 0 Å². The number of rotatable bonds is 4. The Kier molecular flexibility index (Phi) is 4.02.